The first-order valence-electron chi connectivity index (χ1n) is 9.48. The average Bonchev–Trinajstić information content (AvgIpc) is 3.05. The molecule has 1 amide bonds. The van der Waals surface area contributed by atoms with Crippen molar-refractivity contribution in [2.24, 2.45) is 7.05 Å². The molecular formula is C21H23BrN6O. The van der Waals surface area contributed by atoms with Gasteiger partial charge in [-0.25, -0.2) is 15.0 Å². The van der Waals surface area contributed by atoms with Crippen molar-refractivity contribution in [1.82, 2.24) is 29.3 Å². The van der Waals surface area contributed by atoms with Crippen LogP contribution in [0.15, 0.2) is 41.3 Å². The van der Waals surface area contributed by atoms with E-state index < -0.39 is 0 Å². The van der Waals surface area contributed by atoms with E-state index in [1.807, 2.05) is 12.3 Å². The molecule has 8 heteroatoms. The predicted octanol–water partition coefficient (Wildman–Crippen LogP) is 3.12. The number of rotatable bonds is 4. The van der Waals surface area contributed by atoms with Gasteiger partial charge in [0.05, 0.1) is 0 Å². The van der Waals surface area contributed by atoms with Crippen LogP contribution in [0, 0.1) is 0 Å². The van der Waals surface area contributed by atoms with Gasteiger partial charge in [0.15, 0.2) is 0 Å². The van der Waals surface area contributed by atoms with E-state index in [1.165, 1.54) is 16.2 Å². The van der Waals surface area contributed by atoms with Crippen LogP contribution in [0.5, 0.6) is 0 Å². The number of halogens is 1. The van der Waals surface area contributed by atoms with E-state index in [4.69, 9.17) is 0 Å². The van der Waals surface area contributed by atoms with E-state index in [1.54, 1.807) is 26.5 Å². The molecule has 0 saturated heterocycles. The standard InChI is InChI=1S/C21H23BrN6O/c1-26(2)21(29)19-24-11-15(12-25-19)14-5-8-28(9-6-14)13-16-10-17-18(22)4-7-23-20(17)27(16)3/h4-5,7,10-12H,6,8-9,13H2,1-3H3. The number of amides is 1. The maximum Gasteiger partial charge on any atom is 0.291 e. The Balaban J connectivity index is 1.46. The summed E-state index contributed by atoms with van der Waals surface area (Å²) in [6.07, 6.45) is 8.48. The van der Waals surface area contributed by atoms with Crippen LogP contribution in [0.1, 0.15) is 28.3 Å². The lowest BCUT2D eigenvalue weighted by atomic mass is 10.0. The van der Waals surface area contributed by atoms with E-state index in [0.717, 1.165) is 47.1 Å². The molecule has 4 heterocycles. The largest absolute Gasteiger partial charge is 0.342 e. The number of aryl methyl sites for hydroxylation is 1. The van der Waals surface area contributed by atoms with Gasteiger partial charge in [-0.2, -0.15) is 0 Å². The van der Waals surface area contributed by atoms with E-state index in [9.17, 15) is 4.79 Å². The molecule has 0 fully saturated rings. The van der Waals surface area contributed by atoms with Crippen LogP contribution in [0.2, 0.25) is 0 Å². The Morgan fingerprint density at radius 2 is 2.00 bits per heavy atom. The second-order valence-electron chi connectivity index (χ2n) is 7.43. The third-order valence-electron chi connectivity index (χ3n) is 5.27. The van der Waals surface area contributed by atoms with Gasteiger partial charge in [-0.15, -0.1) is 0 Å². The third-order valence-corrected chi connectivity index (χ3v) is 5.97. The maximum absolute atomic E-state index is 11.9. The van der Waals surface area contributed by atoms with Crippen molar-refractivity contribution in [2.75, 3.05) is 27.2 Å². The predicted molar refractivity (Wildman–Crippen MR) is 116 cm³/mol. The van der Waals surface area contributed by atoms with E-state index >= 15 is 0 Å². The Morgan fingerprint density at radius 3 is 2.62 bits per heavy atom. The molecule has 0 aromatic carbocycles. The van der Waals surface area contributed by atoms with Crippen molar-refractivity contribution in [2.45, 2.75) is 13.0 Å². The van der Waals surface area contributed by atoms with Gasteiger partial charge >= 0.3 is 0 Å². The quantitative estimate of drug-likeness (QED) is 0.605. The summed E-state index contributed by atoms with van der Waals surface area (Å²) >= 11 is 3.61. The van der Waals surface area contributed by atoms with Gasteiger partial charge in [0.2, 0.25) is 5.82 Å². The Morgan fingerprint density at radius 1 is 1.24 bits per heavy atom. The fraction of sp³-hybridized carbons (Fsp3) is 0.333. The van der Waals surface area contributed by atoms with Crippen molar-refractivity contribution in [3.8, 4) is 0 Å². The number of carbonyl (C=O) groups excluding carboxylic acids is 1. The normalized spacial score (nSPS) is 14.8. The van der Waals surface area contributed by atoms with E-state index in [2.05, 4.69) is 59.5 Å². The van der Waals surface area contributed by atoms with Crippen molar-refractivity contribution >= 4 is 38.4 Å². The molecule has 0 bridgehead atoms. The SMILES string of the molecule is CN(C)C(=O)c1ncc(C2=CCN(Cc3cc4c(Br)ccnc4n3C)CC2)cn1. The van der Waals surface area contributed by atoms with Crippen molar-refractivity contribution in [3.63, 3.8) is 0 Å². The highest BCUT2D eigenvalue weighted by Gasteiger charge is 2.18. The van der Waals surface area contributed by atoms with Crippen molar-refractivity contribution in [1.29, 1.82) is 0 Å². The molecule has 1 aliphatic heterocycles. The molecule has 150 valence electrons. The second-order valence-corrected chi connectivity index (χ2v) is 8.29. The van der Waals surface area contributed by atoms with Crippen LogP contribution in [-0.4, -0.2) is 62.4 Å². The Labute approximate surface area is 178 Å². The summed E-state index contributed by atoms with van der Waals surface area (Å²) < 4.78 is 3.23. The second kappa shape index (κ2) is 8.04. The number of hydrogen-bond donors (Lipinski definition) is 0. The first-order valence-corrected chi connectivity index (χ1v) is 10.3. The van der Waals surface area contributed by atoms with Gasteiger partial charge in [-0.3, -0.25) is 9.69 Å². The smallest absolute Gasteiger partial charge is 0.291 e. The molecule has 7 nitrogen and oxygen atoms in total. The molecule has 4 rings (SSSR count). The van der Waals surface area contributed by atoms with E-state index in [0.29, 0.717) is 0 Å². The maximum atomic E-state index is 11.9. The van der Waals surface area contributed by atoms with Gasteiger partial charge < -0.3 is 9.47 Å². The lowest BCUT2D eigenvalue weighted by molar-refractivity contribution is 0.0815. The molecule has 29 heavy (non-hydrogen) atoms. The molecule has 0 N–H and O–H groups in total. The summed E-state index contributed by atoms with van der Waals surface area (Å²) in [5.41, 5.74) is 4.45. The zero-order valence-electron chi connectivity index (χ0n) is 16.8. The molecule has 0 saturated carbocycles. The molecule has 0 spiro atoms. The highest BCUT2D eigenvalue weighted by atomic mass is 79.9. The molecule has 0 aliphatic carbocycles. The first kappa shape index (κ1) is 19.7. The Kier molecular flexibility index (Phi) is 5.47. The van der Waals surface area contributed by atoms with Crippen LogP contribution in [-0.2, 0) is 13.6 Å². The Hall–Kier alpha value is -2.58. The minimum atomic E-state index is -0.184. The van der Waals surface area contributed by atoms with Crippen LogP contribution in [0.3, 0.4) is 0 Å². The van der Waals surface area contributed by atoms with Crippen LogP contribution < -0.4 is 0 Å². The Bertz CT molecular complexity index is 1090. The minimum Gasteiger partial charge on any atom is -0.342 e. The lowest BCUT2D eigenvalue weighted by Crippen LogP contribution is -2.29. The third kappa shape index (κ3) is 3.95. The summed E-state index contributed by atoms with van der Waals surface area (Å²) in [4.78, 5) is 28.8. The van der Waals surface area contributed by atoms with Gasteiger partial charge in [0.25, 0.3) is 5.91 Å². The summed E-state index contributed by atoms with van der Waals surface area (Å²) in [5, 5.41) is 1.14. The first-order chi connectivity index (χ1) is 13.9. The molecule has 3 aromatic rings. The summed E-state index contributed by atoms with van der Waals surface area (Å²) in [7, 11) is 5.46. The van der Waals surface area contributed by atoms with Gasteiger partial charge in [0, 0.05) is 80.5 Å². The number of aromatic nitrogens is 4. The molecule has 0 atom stereocenters. The fourth-order valence-corrected chi connectivity index (χ4v) is 3.95. The number of pyridine rings is 1. The van der Waals surface area contributed by atoms with Gasteiger partial charge in [-0.1, -0.05) is 6.08 Å². The highest BCUT2D eigenvalue weighted by Crippen LogP contribution is 2.27. The van der Waals surface area contributed by atoms with Gasteiger partial charge in [-0.05, 0) is 40.1 Å². The number of nitrogens with zero attached hydrogens (tertiary/aromatic N) is 6. The van der Waals surface area contributed by atoms with Crippen LogP contribution in [0.4, 0.5) is 0 Å². The highest BCUT2D eigenvalue weighted by molar-refractivity contribution is 9.10. The van der Waals surface area contributed by atoms with Crippen LogP contribution in [0.25, 0.3) is 16.6 Å². The van der Waals surface area contributed by atoms with E-state index in [-0.39, 0.29) is 11.7 Å². The topological polar surface area (TPSA) is 67.2 Å². The van der Waals surface area contributed by atoms with Crippen LogP contribution >= 0.6 is 15.9 Å². The number of fused-ring (bicyclic) bond motifs is 1. The zero-order chi connectivity index (χ0) is 20.5. The minimum absolute atomic E-state index is 0.184. The zero-order valence-corrected chi connectivity index (χ0v) is 18.3. The molecule has 3 aromatic heterocycles. The number of hydrogen-bond acceptors (Lipinski definition) is 5. The summed E-state index contributed by atoms with van der Waals surface area (Å²) in [6, 6.07) is 4.18. The monoisotopic (exact) mass is 454 g/mol. The molecule has 0 radical (unpaired) electrons. The summed E-state index contributed by atoms with van der Waals surface area (Å²) in [6.45, 7) is 2.69. The molecule has 1 aliphatic rings. The number of carbonyl (C=O) groups is 1. The van der Waals surface area contributed by atoms with Crippen molar-refractivity contribution < 1.29 is 4.79 Å². The lowest BCUT2D eigenvalue weighted by Gasteiger charge is -2.26. The average molecular weight is 455 g/mol. The molecule has 0 unspecified atom stereocenters. The summed E-state index contributed by atoms with van der Waals surface area (Å²) in [5.74, 6) is 0.0451. The molecular weight excluding hydrogens is 432 g/mol. The van der Waals surface area contributed by atoms with Gasteiger partial charge in [0.1, 0.15) is 5.65 Å². The fourth-order valence-electron chi connectivity index (χ4n) is 3.54. The van der Waals surface area contributed by atoms with Crippen molar-refractivity contribution in [3.05, 3.63) is 58.4 Å².